The van der Waals surface area contributed by atoms with Gasteiger partial charge in [0.15, 0.2) is 5.82 Å². The second kappa shape index (κ2) is 8.62. The molecule has 1 aliphatic rings. The van der Waals surface area contributed by atoms with Gasteiger partial charge in [-0.05, 0) is 44.9 Å². The third-order valence-corrected chi connectivity index (χ3v) is 5.53. The van der Waals surface area contributed by atoms with Crippen LogP contribution in [0.25, 0.3) is 10.9 Å². The fourth-order valence-corrected chi connectivity index (χ4v) is 3.57. The molecule has 2 heterocycles. The van der Waals surface area contributed by atoms with E-state index in [4.69, 9.17) is 15.2 Å². The van der Waals surface area contributed by atoms with Crippen molar-refractivity contribution in [1.82, 2.24) is 19.9 Å². The van der Waals surface area contributed by atoms with Gasteiger partial charge in [0, 0.05) is 24.0 Å². The minimum Gasteiger partial charge on any atom is -0.493 e. The molecule has 1 fully saturated rings. The van der Waals surface area contributed by atoms with Gasteiger partial charge in [-0.1, -0.05) is 0 Å². The zero-order chi connectivity index (χ0) is 23.8. The van der Waals surface area contributed by atoms with Gasteiger partial charge in [0.25, 0.3) is 0 Å². The van der Waals surface area contributed by atoms with Crippen molar-refractivity contribution in [3.05, 3.63) is 41.6 Å². The normalized spacial score (nSPS) is 15.9. The van der Waals surface area contributed by atoms with Crippen LogP contribution in [-0.2, 0) is 10.9 Å². The molecular formula is C22H25F3N6O2. The maximum Gasteiger partial charge on any atom is 0.433 e. The number of methoxy groups -OCH3 is 1. The Morgan fingerprint density at radius 3 is 2.55 bits per heavy atom. The number of hydrogen-bond acceptors (Lipinski definition) is 8. The highest BCUT2D eigenvalue weighted by Crippen LogP contribution is 2.46. The summed E-state index contributed by atoms with van der Waals surface area (Å²) in [5.74, 6) is 1.24. The number of nitrogen functional groups attached to an aromatic ring is 1. The zero-order valence-corrected chi connectivity index (χ0v) is 18.5. The summed E-state index contributed by atoms with van der Waals surface area (Å²) in [6.45, 7) is 4.56. The number of rotatable bonds is 8. The molecule has 4 rings (SSSR count). The highest BCUT2D eigenvalue weighted by molar-refractivity contribution is 5.90. The lowest BCUT2D eigenvalue weighted by Crippen LogP contribution is -2.18. The van der Waals surface area contributed by atoms with Gasteiger partial charge in [0.2, 0.25) is 0 Å². The second-order valence-corrected chi connectivity index (χ2v) is 8.42. The number of halogens is 3. The number of fused-ring (bicyclic) bond motifs is 1. The molecule has 0 aliphatic heterocycles. The number of nitrogens with zero attached hydrogens (tertiary/aromatic N) is 4. The monoisotopic (exact) mass is 462 g/mol. The summed E-state index contributed by atoms with van der Waals surface area (Å²) in [7, 11) is 1.68. The summed E-state index contributed by atoms with van der Waals surface area (Å²) >= 11 is 0. The Morgan fingerprint density at radius 2 is 1.88 bits per heavy atom. The molecule has 8 nitrogen and oxygen atoms in total. The first-order valence-electron chi connectivity index (χ1n) is 10.5. The van der Waals surface area contributed by atoms with E-state index in [1.807, 2.05) is 18.2 Å². The van der Waals surface area contributed by atoms with Crippen molar-refractivity contribution in [2.45, 2.75) is 38.9 Å². The Hall–Kier alpha value is -3.21. The molecule has 2 aromatic heterocycles. The topological polar surface area (TPSA) is 108 Å². The van der Waals surface area contributed by atoms with E-state index in [1.54, 1.807) is 21.0 Å². The summed E-state index contributed by atoms with van der Waals surface area (Å²) in [4.78, 5) is 16.5. The van der Waals surface area contributed by atoms with Crippen molar-refractivity contribution >= 4 is 22.5 Å². The van der Waals surface area contributed by atoms with Gasteiger partial charge in [-0.3, -0.25) is 0 Å². The van der Waals surface area contributed by atoms with E-state index < -0.39 is 17.9 Å². The molecule has 0 spiro atoms. The van der Waals surface area contributed by atoms with Crippen LogP contribution in [0.4, 0.5) is 24.8 Å². The number of ether oxygens (including phenoxy) is 2. The largest absolute Gasteiger partial charge is 0.493 e. The van der Waals surface area contributed by atoms with Crippen molar-refractivity contribution in [2.75, 3.05) is 31.4 Å². The number of nitrogens with two attached hydrogens (primary N) is 1. The van der Waals surface area contributed by atoms with Crippen molar-refractivity contribution < 1.29 is 22.6 Å². The predicted molar refractivity (Wildman–Crippen MR) is 117 cm³/mol. The molecule has 0 saturated heterocycles. The number of hydrogen-bond donors (Lipinski definition) is 2. The van der Waals surface area contributed by atoms with E-state index in [0.29, 0.717) is 47.6 Å². The molecule has 0 amide bonds. The smallest absolute Gasteiger partial charge is 0.433 e. The Morgan fingerprint density at radius 1 is 1.12 bits per heavy atom. The van der Waals surface area contributed by atoms with Crippen molar-refractivity contribution in [3.8, 4) is 5.75 Å². The molecule has 1 aliphatic carbocycles. The van der Waals surface area contributed by atoms with E-state index in [2.05, 4.69) is 25.3 Å². The first kappa shape index (κ1) is 23.0. The fraction of sp³-hybridized carbons (Fsp3) is 0.455. The molecule has 0 radical (unpaired) electrons. The van der Waals surface area contributed by atoms with Crippen molar-refractivity contribution in [1.29, 1.82) is 0 Å². The summed E-state index contributed by atoms with van der Waals surface area (Å²) in [6.07, 6.45) is -2.51. The van der Waals surface area contributed by atoms with E-state index in [-0.39, 0.29) is 17.1 Å². The number of aromatic nitrogens is 4. The molecule has 33 heavy (non-hydrogen) atoms. The summed E-state index contributed by atoms with van der Waals surface area (Å²) < 4.78 is 50.7. The van der Waals surface area contributed by atoms with Gasteiger partial charge in [-0.2, -0.15) is 13.2 Å². The molecule has 1 saturated carbocycles. The average Bonchev–Trinajstić information content (AvgIpc) is 3.51. The van der Waals surface area contributed by atoms with E-state index in [1.165, 1.54) is 0 Å². The van der Waals surface area contributed by atoms with Crippen LogP contribution in [0.1, 0.15) is 43.1 Å². The maximum atomic E-state index is 13.1. The standard InChI is InChI=1S/C22H25F3N6O2/c1-12(19-30-17(22(23,24)25)9-18(26)31-19)27-20-15-8-14(4-5-16(15)28-13(2)29-20)33-11-21(6-7-21)10-32-3/h4-5,8-9,12H,6-7,10-11H2,1-3H3,(H2,26,30,31)(H,27,28,29)/t12-/m1/s1. The summed E-state index contributed by atoms with van der Waals surface area (Å²) in [6, 6.07) is 5.48. The molecule has 1 atom stereocenters. The van der Waals surface area contributed by atoms with Crippen LogP contribution >= 0.6 is 0 Å². The Kier molecular flexibility index (Phi) is 6.00. The van der Waals surface area contributed by atoms with Gasteiger partial charge in [0.05, 0.1) is 24.8 Å². The molecule has 11 heteroatoms. The van der Waals surface area contributed by atoms with Gasteiger partial charge in [-0.15, -0.1) is 0 Å². The fourth-order valence-electron chi connectivity index (χ4n) is 3.57. The highest BCUT2D eigenvalue weighted by Gasteiger charge is 2.43. The number of benzene rings is 1. The van der Waals surface area contributed by atoms with Gasteiger partial charge in [0.1, 0.15) is 28.9 Å². The van der Waals surface area contributed by atoms with Gasteiger partial charge < -0.3 is 20.5 Å². The zero-order valence-electron chi connectivity index (χ0n) is 18.5. The molecular weight excluding hydrogens is 437 g/mol. The van der Waals surface area contributed by atoms with E-state index >= 15 is 0 Å². The van der Waals surface area contributed by atoms with E-state index in [9.17, 15) is 13.2 Å². The summed E-state index contributed by atoms with van der Waals surface area (Å²) in [5.41, 5.74) is 5.23. The van der Waals surface area contributed by atoms with Crippen LogP contribution in [-0.4, -0.2) is 40.3 Å². The summed E-state index contributed by atoms with van der Waals surface area (Å²) in [5, 5.41) is 3.77. The average molecular weight is 462 g/mol. The third-order valence-electron chi connectivity index (χ3n) is 5.53. The minimum absolute atomic E-state index is 0.0594. The van der Waals surface area contributed by atoms with Crippen LogP contribution in [0.5, 0.6) is 5.75 Å². The van der Waals surface area contributed by atoms with Crippen LogP contribution in [0.3, 0.4) is 0 Å². The van der Waals surface area contributed by atoms with E-state index in [0.717, 1.165) is 12.8 Å². The Balaban J connectivity index is 1.61. The van der Waals surface area contributed by atoms with Crippen molar-refractivity contribution in [2.24, 2.45) is 5.41 Å². The predicted octanol–water partition coefficient (Wildman–Crippen LogP) is 4.31. The molecule has 1 aromatic carbocycles. The maximum absolute atomic E-state index is 13.1. The Labute approximate surface area is 188 Å². The van der Waals surface area contributed by atoms with Crippen LogP contribution < -0.4 is 15.8 Å². The number of alkyl halides is 3. The number of anilines is 2. The quantitative estimate of drug-likeness (QED) is 0.510. The lowest BCUT2D eigenvalue weighted by atomic mass is 10.1. The SMILES string of the molecule is COCC1(COc2ccc3nc(C)nc(N[C@H](C)c4nc(N)cc(C(F)(F)F)n4)c3c2)CC1. The number of aryl methyl sites for hydroxylation is 1. The van der Waals surface area contributed by atoms with Gasteiger partial charge >= 0.3 is 6.18 Å². The molecule has 3 N–H and O–H groups in total. The first-order valence-corrected chi connectivity index (χ1v) is 10.5. The first-order chi connectivity index (χ1) is 15.6. The van der Waals surface area contributed by atoms with Crippen LogP contribution in [0.2, 0.25) is 0 Å². The molecule has 0 bridgehead atoms. The number of nitrogens with one attached hydrogen (secondary N) is 1. The lowest BCUT2D eigenvalue weighted by Gasteiger charge is -2.18. The van der Waals surface area contributed by atoms with Gasteiger partial charge in [-0.25, -0.2) is 19.9 Å². The molecule has 3 aromatic rings. The van der Waals surface area contributed by atoms with Crippen LogP contribution in [0.15, 0.2) is 24.3 Å². The Bertz CT molecular complexity index is 1170. The lowest BCUT2D eigenvalue weighted by molar-refractivity contribution is -0.141. The molecule has 176 valence electrons. The second-order valence-electron chi connectivity index (χ2n) is 8.42. The highest BCUT2D eigenvalue weighted by atomic mass is 19.4. The van der Waals surface area contributed by atoms with Crippen LogP contribution in [0, 0.1) is 12.3 Å². The minimum atomic E-state index is -4.63. The molecule has 0 unspecified atom stereocenters. The van der Waals surface area contributed by atoms with Crippen molar-refractivity contribution in [3.63, 3.8) is 0 Å². The third kappa shape index (κ3) is 5.24.